The number of carbonyl (C=O) groups excluding carboxylic acids is 1. The lowest BCUT2D eigenvalue weighted by atomic mass is 9.98. The minimum Gasteiger partial charge on any atom is -0.489 e. The number of ether oxygens (including phenoxy) is 2. The van der Waals surface area contributed by atoms with E-state index in [2.05, 4.69) is 0 Å². The monoisotopic (exact) mass is 327 g/mol. The summed E-state index contributed by atoms with van der Waals surface area (Å²) in [6, 6.07) is 17.7. The first-order valence-electron chi connectivity index (χ1n) is 8.18. The molecule has 2 aromatic rings. The summed E-state index contributed by atoms with van der Waals surface area (Å²) in [4.78, 5) is 14.2. The molecule has 0 saturated carbocycles. The molecular formula is C20H25NO3. The molecule has 2 rings (SSSR count). The molecule has 0 saturated heterocycles. The van der Waals surface area contributed by atoms with E-state index < -0.39 is 0 Å². The Balaban J connectivity index is 2.03. The predicted molar refractivity (Wildman–Crippen MR) is 95.1 cm³/mol. The maximum absolute atomic E-state index is 12.2. The van der Waals surface area contributed by atoms with Gasteiger partial charge >= 0.3 is 5.97 Å². The van der Waals surface area contributed by atoms with E-state index in [0.717, 1.165) is 16.9 Å². The molecule has 1 unspecified atom stereocenters. The fraction of sp³-hybridized carbons (Fsp3) is 0.350. The first kappa shape index (κ1) is 18.0. The first-order valence-corrected chi connectivity index (χ1v) is 8.18. The normalized spacial score (nSPS) is 12.0. The molecule has 0 amide bonds. The zero-order chi connectivity index (χ0) is 17.4. The Kier molecular flexibility index (Phi) is 6.82. The molecule has 0 fully saturated rings. The lowest BCUT2D eigenvalue weighted by molar-refractivity contribution is -0.145. The summed E-state index contributed by atoms with van der Waals surface area (Å²) in [5.74, 6) is 0.308. The van der Waals surface area contributed by atoms with Crippen molar-refractivity contribution in [2.24, 2.45) is 0 Å². The van der Waals surface area contributed by atoms with Crippen molar-refractivity contribution in [3.05, 3.63) is 65.7 Å². The zero-order valence-electron chi connectivity index (χ0n) is 14.6. The molecule has 0 radical (unpaired) electrons. The molecule has 2 aromatic carbocycles. The second-order valence-electron chi connectivity index (χ2n) is 5.91. The summed E-state index contributed by atoms with van der Waals surface area (Å²) >= 11 is 0. The van der Waals surface area contributed by atoms with Crippen molar-refractivity contribution in [1.82, 2.24) is 4.90 Å². The van der Waals surface area contributed by atoms with Gasteiger partial charge in [-0.05, 0) is 44.3 Å². The van der Waals surface area contributed by atoms with Crippen molar-refractivity contribution in [3.8, 4) is 5.75 Å². The van der Waals surface area contributed by atoms with Crippen LogP contribution in [0.5, 0.6) is 5.75 Å². The second-order valence-corrected chi connectivity index (χ2v) is 5.91. The van der Waals surface area contributed by atoms with E-state index in [-0.39, 0.29) is 11.9 Å². The van der Waals surface area contributed by atoms with Gasteiger partial charge in [0, 0.05) is 6.54 Å². The Hall–Kier alpha value is -2.33. The van der Waals surface area contributed by atoms with Crippen LogP contribution in [0.15, 0.2) is 54.6 Å². The van der Waals surface area contributed by atoms with Crippen LogP contribution in [0, 0.1) is 0 Å². The van der Waals surface area contributed by atoms with Gasteiger partial charge in [0.2, 0.25) is 0 Å². The standard InChI is InChI=1S/C20H25NO3/c1-4-23-20(22)19(14-21(2)3)17-10-12-18(13-11-17)24-15-16-8-6-5-7-9-16/h5-13,19H,4,14-15H2,1-3H3. The predicted octanol–water partition coefficient (Wildman–Crippen LogP) is 3.47. The van der Waals surface area contributed by atoms with Crippen molar-refractivity contribution in [3.63, 3.8) is 0 Å². The molecule has 0 spiro atoms. The Morgan fingerprint density at radius 3 is 2.29 bits per heavy atom. The van der Waals surface area contributed by atoms with Gasteiger partial charge < -0.3 is 14.4 Å². The van der Waals surface area contributed by atoms with Crippen molar-refractivity contribution in [2.45, 2.75) is 19.4 Å². The van der Waals surface area contributed by atoms with Crippen LogP contribution in [-0.2, 0) is 16.1 Å². The quantitative estimate of drug-likeness (QED) is 0.696. The minimum absolute atomic E-state index is 0.191. The summed E-state index contributed by atoms with van der Waals surface area (Å²) in [5.41, 5.74) is 2.06. The summed E-state index contributed by atoms with van der Waals surface area (Å²) in [6.45, 7) is 3.36. The van der Waals surface area contributed by atoms with Gasteiger partial charge in [-0.2, -0.15) is 0 Å². The van der Waals surface area contributed by atoms with Crippen LogP contribution in [-0.4, -0.2) is 38.1 Å². The maximum Gasteiger partial charge on any atom is 0.314 e. The van der Waals surface area contributed by atoms with E-state index >= 15 is 0 Å². The van der Waals surface area contributed by atoms with E-state index in [9.17, 15) is 4.79 Å². The Morgan fingerprint density at radius 1 is 1.04 bits per heavy atom. The minimum atomic E-state index is -0.289. The van der Waals surface area contributed by atoms with Gasteiger partial charge in [0.05, 0.1) is 12.5 Å². The highest BCUT2D eigenvalue weighted by molar-refractivity contribution is 5.78. The third-order valence-electron chi connectivity index (χ3n) is 3.65. The van der Waals surface area contributed by atoms with Gasteiger partial charge in [-0.15, -0.1) is 0 Å². The van der Waals surface area contributed by atoms with Crippen LogP contribution in [0.4, 0.5) is 0 Å². The Labute approximate surface area is 144 Å². The molecule has 1 atom stereocenters. The SMILES string of the molecule is CCOC(=O)C(CN(C)C)c1ccc(OCc2ccccc2)cc1. The van der Waals surface area contributed by atoms with Gasteiger partial charge in [0.1, 0.15) is 12.4 Å². The Morgan fingerprint density at radius 2 is 1.71 bits per heavy atom. The number of benzene rings is 2. The molecule has 0 aliphatic carbocycles. The van der Waals surface area contributed by atoms with Crippen LogP contribution >= 0.6 is 0 Å². The number of esters is 1. The van der Waals surface area contributed by atoms with Gasteiger partial charge in [0.15, 0.2) is 0 Å². The molecule has 4 nitrogen and oxygen atoms in total. The van der Waals surface area contributed by atoms with E-state index in [1.54, 1.807) is 0 Å². The molecule has 0 aliphatic heterocycles. The largest absolute Gasteiger partial charge is 0.489 e. The van der Waals surface area contributed by atoms with E-state index in [1.165, 1.54) is 0 Å². The second kappa shape index (κ2) is 9.08. The average Bonchev–Trinajstić information content (AvgIpc) is 2.59. The molecule has 4 heteroatoms. The highest BCUT2D eigenvalue weighted by Gasteiger charge is 2.22. The van der Waals surface area contributed by atoms with E-state index in [1.807, 2.05) is 80.5 Å². The third-order valence-corrected chi connectivity index (χ3v) is 3.65. The van der Waals surface area contributed by atoms with Crippen LogP contribution in [0.3, 0.4) is 0 Å². The average molecular weight is 327 g/mol. The number of hydrogen-bond donors (Lipinski definition) is 0. The van der Waals surface area contributed by atoms with Gasteiger partial charge in [-0.1, -0.05) is 42.5 Å². The number of hydrogen-bond acceptors (Lipinski definition) is 4. The summed E-state index contributed by atoms with van der Waals surface area (Å²) in [6.07, 6.45) is 0. The molecule has 128 valence electrons. The first-order chi connectivity index (χ1) is 11.6. The topological polar surface area (TPSA) is 38.8 Å². The number of rotatable bonds is 8. The lowest BCUT2D eigenvalue weighted by Crippen LogP contribution is -2.27. The fourth-order valence-electron chi connectivity index (χ4n) is 2.46. The van der Waals surface area contributed by atoms with Crippen LogP contribution in [0.1, 0.15) is 24.0 Å². The smallest absolute Gasteiger partial charge is 0.314 e. The van der Waals surface area contributed by atoms with Crippen LogP contribution < -0.4 is 4.74 Å². The molecule has 24 heavy (non-hydrogen) atoms. The molecule has 0 heterocycles. The zero-order valence-corrected chi connectivity index (χ0v) is 14.6. The fourth-order valence-corrected chi connectivity index (χ4v) is 2.46. The third kappa shape index (κ3) is 5.39. The lowest BCUT2D eigenvalue weighted by Gasteiger charge is -2.20. The highest BCUT2D eigenvalue weighted by atomic mass is 16.5. The summed E-state index contributed by atoms with van der Waals surface area (Å²) in [7, 11) is 3.90. The van der Waals surface area contributed by atoms with Gasteiger partial charge in [0.25, 0.3) is 0 Å². The molecule has 0 aromatic heterocycles. The van der Waals surface area contributed by atoms with Gasteiger partial charge in [-0.25, -0.2) is 0 Å². The Bertz CT molecular complexity index is 623. The van der Waals surface area contributed by atoms with Crippen molar-refractivity contribution in [2.75, 3.05) is 27.2 Å². The van der Waals surface area contributed by atoms with Crippen molar-refractivity contribution in [1.29, 1.82) is 0 Å². The van der Waals surface area contributed by atoms with Crippen molar-refractivity contribution < 1.29 is 14.3 Å². The molecule has 0 aliphatic rings. The number of nitrogens with zero attached hydrogens (tertiary/aromatic N) is 1. The summed E-state index contributed by atoms with van der Waals surface area (Å²) in [5, 5.41) is 0. The van der Waals surface area contributed by atoms with E-state index in [0.29, 0.717) is 19.8 Å². The van der Waals surface area contributed by atoms with E-state index in [4.69, 9.17) is 9.47 Å². The number of carbonyl (C=O) groups is 1. The molecular weight excluding hydrogens is 302 g/mol. The molecule has 0 bridgehead atoms. The van der Waals surface area contributed by atoms with Gasteiger partial charge in [-0.3, -0.25) is 4.79 Å². The summed E-state index contributed by atoms with van der Waals surface area (Å²) < 4.78 is 11.0. The highest BCUT2D eigenvalue weighted by Crippen LogP contribution is 2.22. The van der Waals surface area contributed by atoms with Crippen molar-refractivity contribution >= 4 is 5.97 Å². The van der Waals surface area contributed by atoms with Crippen LogP contribution in [0.25, 0.3) is 0 Å². The van der Waals surface area contributed by atoms with Crippen LogP contribution in [0.2, 0.25) is 0 Å². The molecule has 0 N–H and O–H groups in total. The maximum atomic E-state index is 12.2. The number of likely N-dealkylation sites (N-methyl/N-ethyl adjacent to an activating group) is 1.